The second-order valence-electron chi connectivity index (χ2n) is 7.24. The summed E-state index contributed by atoms with van der Waals surface area (Å²) in [5.74, 6) is 0. The first-order valence-electron chi connectivity index (χ1n) is 7.98. The van der Waals surface area contributed by atoms with E-state index < -0.39 is 5.60 Å². The van der Waals surface area contributed by atoms with Crippen molar-refractivity contribution in [2.75, 3.05) is 0 Å². The van der Waals surface area contributed by atoms with Gasteiger partial charge in [0.25, 0.3) is 0 Å². The van der Waals surface area contributed by atoms with Crippen LogP contribution in [-0.2, 0) is 4.74 Å². The molecule has 2 aliphatic carbocycles. The van der Waals surface area contributed by atoms with Gasteiger partial charge < -0.3 is 10.1 Å². The predicted octanol–water partition coefficient (Wildman–Crippen LogP) is 4.82. The molecule has 22 heavy (non-hydrogen) atoms. The molecule has 0 radical (unpaired) electrons. The zero-order valence-electron chi connectivity index (χ0n) is 14.3. The quantitative estimate of drug-likeness (QED) is 0.794. The zero-order valence-corrected chi connectivity index (χ0v) is 14.3. The van der Waals surface area contributed by atoms with Crippen LogP contribution < -0.4 is 5.32 Å². The molecule has 0 fully saturated rings. The van der Waals surface area contributed by atoms with Crippen LogP contribution in [0, 0.1) is 0 Å². The highest BCUT2D eigenvalue weighted by atomic mass is 16.6. The van der Waals surface area contributed by atoms with Gasteiger partial charge in [0.15, 0.2) is 0 Å². The van der Waals surface area contributed by atoms with E-state index in [0.717, 1.165) is 19.3 Å². The molecule has 1 atom stereocenters. The van der Waals surface area contributed by atoms with Crippen molar-refractivity contribution >= 4 is 6.09 Å². The number of carbonyl (C=O) groups excluding carboxylic acids is 1. The van der Waals surface area contributed by atoms with Gasteiger partial charge >= 0.3 is 6.09 Å². The lowest BCUT2D eigenvalue weighted by Crippen LogP contribution is -2.39. The molecule has 1 N–H and O–H groups in total. The summed E-state index contributed by atoms with van der Waals surface area (Å²) in [4.78, 5) is 12.0. The van der Waals surface area contributed by atoms with Crippen LogP contribution in [0.2, 0.25) is 0 Å². The normalized spacial score (nSPS) is 22.1. The first-order valence-corrected chi connectivity index (χ1v) is 7.98. The molecule has 0 saturated heterocycles. The second kappa shape index (κ2) is 6.55. The third kappa shape index (κ3) is 4.90. The molecule has 0 aromatic carbocycles. The highest BCUT2D eigenvalue weighted by Crippen LogP contribution is 2.30. The van der Waals surface area contributed by atoms with Gasteiger partial charge in [0, 0.05) is 0 Å². The van der Waals surface area contributed by atoms with Crippen LogP contribution in [0.4, 0.5) is 4.79 Å². The first-order chi connectivity index (χ1) is 10.2. The number of ether oxygens (including phenoxy) is 1. The van der Waals surface area contributed by atoms with Gasteiger partial charge in [0.2, 0.25) is 0 Å². The topological polar surface area (TPSA) is 38.3 Å². The number of hydrogen-bond donors (Lipinski definition) is 1. The Labute approximate surface area is 133 Å². The minimum atomic E-state index is -0.468. The van der Waals surface area contributed by atoms with E-state index in [0.29, 0.717) is 0 Å². The van der Waals surface area contributed by atoms with Gasteiger partial charge in [-0.1, -0.05) is 35.5 Å². The largest absolute Gasteiger partial charge is 0.444 e. The summed E-state index contributed by atoms with van der Waals surface area (Å²) in [6, 6.07) is 0.00255. The van der Waals surface area contributed by atoms with Gasteiger partial charge in [-0.3, -0.25) is 0 Å². The maximum absolute atomic E-state index is 12.0. The Morgan fingerprint density at radius 1 is 1.18 bits per heavy atom. The van der Waals surface area contributed by atoms with E-state index in [1.165, 1.54) is 22.3 Å². The van der Waals surface area contributed by atoms with E-state index in [9.17, 15) is 4.79 Å². The molecule has 0 saturated carbocycles. The molecule has 0 spiro atoms. The van der Waals surface area contributed by atoms with E-state index in [1.54, 1.807) is 0 Å². The highest BCUT2D eigenvalue weighted by molar-refractivity contribution is 5.68. The van der Waals surface area contributed by atoms with Crippen molar-refractivity contribution in [2.24, 2.45) is 0 Å². The molecule has 2 rings (SSSR count). The van der Waals surface area contributed by atoms with Crippen LogP contribution in [0.5, 0.6) is 0 Å². The summed E-state index contributed by atoms with van der Waals surface area (Å²) in [7, 11) is 0. The van der Waals surface area contributed by atoms with Crippen LogP contribution in [0.15, 0.2) is 46.6 Å². The van der Waals surface area contributed by atoms with Crippen molar-refractivity contribution in [3.05, 3.63) is 46.6 Å². The number of nitrogens with one attached hydrogen (secondary N) is 1. The zero-order chi connectivity index (χ0) is 16.3. The maximum atomic E-state index is 12.0. The Morgan fingerprint density at radius 3 is 2.50 bits per heavy atom. The number of hydrogen-bond acceptors (Lipinski definition) is 2. The SMILES string of the molecule is CC1=CC(NC(=O)OC(C)(C)C)CC(C2=CC=C(C)CC2)=C1. The summed E-state index contributed by atoms with van der Waals surface area (Å²) in [5, 5.41) is 2.96. The third-order valence-electron chi connectivity index (χ3n) is 3.78. The molecular formula is C19H27NO2. The number of carbonyl (C=O) groups is 1. The first kappa shape index (κ1) is 16.6. The van der Waals surface area contributed by atoms with Crippen LogP contribution in [0.3, 0.4) is 0 Å². The Hall–Kier alpha value is -1.77. The van der Waals surface area contributed by atoms with Gasteiger partial charge in [-0.25, -0.2) is 4.79 Å². The minimum Gasteiger partial charge on any atom is -0.444 e. The minimum absolute atomic E-state index is 0.00255. The summed E-state index contributed by atoms with van der Waals surface area (Å²) in [6.45, 7) is 9.87. The van der Waals surface area contributed by atoms with Gasteiger partial charge in [-0.15, -0.1) is 0 Å². The smallest absolute Gasteiger partial charge is 0.408 e. The summed E-state index contributed by atoms with van der Waals surface area (Å²) in [6.07, 6.45) is 11.4. The Bertz CT molecular complexity index is 571. The predicted molar refractivity (Wildman–Crippen MR) is 90.7 cm³/mol. The summed E-state index contributed by atoms with van der Waals surface area (Å²) >= 11 is 0. The number of amides is 1. The van der Waals surface area contributed by atoms with Crippen LogP contribution in [0.25, 0.3) is 0 Å². The molecule has 0 bridgehead atoms. The lowest BCUT2D eigenvalue weighted by molar-refractivity contribution is 0.0514. The third-order valence-corrected chi connectivity index (χ3v) is 3.78. The molecular weight excluding hydrogens is 274 g/mol. The van der Waals surface area contributed by atoms with Crippen molar-refractivity contribution in [2.45, 2.75) is 65.5 Å². The van der Waals surface area contributed by atoms with E-state index in [4.69, 9.17) is 4.74 Å². The van der Waals surface area contributed by atoms with Crippen LogP contribution >= 0.6 is 0 Å². The van der Waals surface area contributed by atoms with Gasteiger partial charge in [0.05, 0.1) is 6.04 Å². The molecule has 2 aliphatic rings. The number of allylic oxidation sites excluding steroid dienone is 6. The van der Waals surface area contributed by atoms with Gasteiger partial charge in [0.1, 0.15) is 5.60 Å². The molecule has 3 nitrogen and oxygen atoms in total. The monoisotopic (exact) mass is 301 g/mol. The maximum Gasteiger partial charge on any atom is 0.408 e. The molecule has 0 aromatic heterocycles. The number of rotatable bonds is 2. The van der Waals surface area contributed by atoms with E-state index in [1.807, 2.05) is 20.8 Å². The summed E-state index contributed by atoms with van der Waals surface area (Å²) < 4.78 is 5.35. The Kier molecular flexibility index (Phi) is 4.94. The average Bonchev–Trinajstić information content (AvgIpc) is 2.36. The van der Waals surface area contributed by atoms with E-state index in [2.05, 4.69) is 43.5 Å². The second-order valence-corrected chi connectivity index (χ2v) is 7.24. The molecule has 0 heterocycles. The van der Waals surface area contributed by atoms with E-state index in [-0.39, 0.29) is 12.1 Å². The van der Waals surface area contributed by atoms with Crippen molar-refractivity contribution in [1.82, 2.24) is 5.32 Å². The molecule has 120 valence electrons. The fraction of sp³-hybridized carbons (Fsp3) is 0.526. The standard InChI is InChI=1S/C19H27NO2/c1-13-6-8-15(9-7-13)16-10-14(2)11-17(12-16)20-18(21)22-19(3,4)5/h6,8,10-11,17H,7,9,12H2,1-5H3,(H,20,21). The molecule has 0 aliphatic heterocycles. The molecule has 1 amide bonds. The molecule has 3 heteroatoms. The van der Waals surface area contributed by atoms with Gasteiger partial charge in [-0.05, 0) is 65.0 Å². The van der Waals surface area contributed by atoms with Crippen molar-refractivity contribution in [3.8, 4) is 0 Å². The van der Waals surface area contributed by atoms with Crippen molar-refractivity contribution in [3.63, 3.8) is 0 Å². The fourth-order valence-electron chi connectivity index (χ4n) is 2.78. The van der Waals surface area contributed by atoms with Crippen molar-refractivity contribution < 1.29 is 9.53 Å². The van der Waals surface area contributed by atoms with Crippen molar-refractivity contribution in [1.29, 1.82) is 0 Å². The van der Waals surface area contributed by atoms with Gasteiger partial charge in [-0.2, -0.15) is 0 Å². The Morgan fingerprint density at radius 2 is 1.91 bits per heavy atom. The molecule has 0 aromatic rings. The fourth-order valence-corrected chi connectivity index (χ4v) is 2.78. The lowest BCUT2D eigenvalue weighted by atomic mass is 9.86. The summed E-state index contributed by atoms with van der Waals surface area (Å²) in [5.41, 5.74) is 4.86. The van der Waals surface area contributed by atoms with E-state index >= 15 is 0 Å². The molecule has 1 unspecified atom stereocenters. The number of alkyl carbamates (subject to hydrolysis) is 1. The Balaban J connectivity index is 2.03. The van der Waals surface area contributed by atoms with Crippen LogP contribution in [0.1, 0.15) is 53.9 Å². The lowest BCUT2D eigenvalue weighted by Gasteiger charge is -2.26. The van der Waals surface area contributed by atoms with Crippen LogP contribution in [-0.4, -0.2) is 17.7 Å². The average molecular weight is 301 g/mol. The highest BCUT2D eigenvalue weighted by Gasteiger charge is 2.22.